The molecular formula is C13H18FN3O2. The highest BCUT2D eigenvalue weighted by atomic mass is 19.1. The second kappa shape index (κ2) is 5.13. The van der Waals surface area contributed by atoms with Crippen LogP contribution in [0.4, 0.5) is 15.8 Å². The number of nitro groups is 1. The van der Waals surface area contributed by atoms with Gasteiger partial charge in [0.2, 0.25) is 5.82 Å². The molecule has 0 spiro atoms. The van der Waals surface area contributed by atoms with Crippen molar-refractivity contribution < 1.29 is 9.31 Å². The SMILES string of the molecule is C[C@@H]1CN(c2ccc([N+](=O)[O-])c(F)c2)C[C@H](C)N1C. The van der Waals surface area contributed by atoms with Gasteiger partial charge < -0.3 is 4.90 Å². The number of rotatable bonds is 2. The number of hydrogen-bond acceptors (Lipinski definition) is 4. The lowest BCUT2D eigenvalue weighted by atomic mass is 10.1. The summed E-state index contributed by atoms with van der Waals surface area (Å²) in [5, 5.41) is 10.6. The quantitative estimate of drug-likeness (QED) is 0.609. The van der Waals surface area contributed by atoms with Gasteiger partial charge in [-0.3, -0.25) is 15.0 Å². The fraction of sp³-hybridized carbons (Fsp3) is 0.538. The first-order valence-corrected chi connectivity index (χ1v) is 6.31. The first-order chi connectivity index (χ1) is 8.90. The summed E-state index contributed by atoms with van der Waals surface area (Å²) in [6.45, 7) is 5.81. The number of likely N-dealkylation sites (N-methyl/N-ethyl adjacent to an activating group) is 1. The third-order valence-electron chi connectivity index (χ3n) is 3.85. The van der Waals surface area contributed by atoms with Gasteiger partial charge in [-0.05, 0) is 27.0 Å². The molecule has 0 N–H and O–H groups in total. The van der Waals surface area contributed by atoms with Crippen LogP contribution in [-0.2, 0) is 0 Å². The van der Waals surface area contributed by atoms with Gasteiger partial charge >= 0.3 is 5.69 Å². The summed E-state index contributed by atoms with van der Waals surface area (Å²) in [5.74, 6) is -0.776. The van der Waals surface area contributed by atoms with Crippen molar-refractivity contribution in [2.45, 2.75) is 25.9 Å². The molecule has 0 aromatic heterocycles. The minimum Gasteiger partial charge on any atom is -0.368 e. The molecule has 1 aliphatic rings. The lowest BCUT2D eigenvalue weighted by molar-refractivity contribution is -0.387. The van der Waals surface area contributed by atoms with Crippen LogP contribution in [0.15, 0.2) is 18.2 Å². The number of hydrogen-bond donors (Lipinski definition) is 0. The van der Waals surface area contributed by atoms with E-state index in [1.54, 1.807) is 6.07 Å². The van der Waals surface area contributed by atoms with E-state index in [4.69, 9.17) is 0 Å². The van der Waals surface area contributed by atoms with Crippen molar-refractivity contribution in [3.63, 3.8) is 0 Å². The zero-order valence-electron chi connectivity index (χ0n) is 11.3. The monoisotopic (exact) mass is 267 g/mol. The number of nitro benzene ring substituents is 1. The fourth-order valence-corrected chi connectivity index (χ4v) is 2.46. The average molecular weight is 267 g/mol. The van der Waals surface area contributed by atoms with E-state index < -0.39 is 16.4 Å². The van der Waals surface area contributed by atoms with E-state index in [0.717, 1.165) is 13.1 Å². The Kier molecular flexibility index (Phi) is 3.71. The Morgan fingerprint density at radius 2 is 1.89 bits per heavy atom. The number of halogens is 1. The average Bonchev–Trinajstić information content (AvgIpc) is 2.34. The van der Waals surface area contributed by atoms with Gasteiger partial charge in [0, 0.05) is 43.0 Å². The van der Waals surface area contributed by atoms with E-state index in [-0.39, 0.29) is 0 Å². The summed E-state index contributed by atoms with van der Waals surface area (Å²) in [5.41, 5.74) is 0.230. The Bertz CT molecular complexity index is 483. The van der Waals surface area contributed by atoms with Gasteiger partial charge in [-0.25, -0.2) is 0 Å². The van der Waals surface area contributed by atoms with Gasteiger partial charge in [0.25, 0.3) is 0 Å². The second-order valence-electron chi connectivity index (χ2n) is 5.16. The molecule has 0 aliphatic carbocycles. The molecule has 0 bridgehead atoms. The molecule has 1 aromatic carbocycles. The summed E-state index contributed by atoms with van der Waals surface area (Å²) < 4.78 is 13.6. The van der Waals surface area contributed by atoms with Crippen LogP contribution in [0.1, 0.15) is 13.8 Å². The van der Waals surface area contributed by atoms with Crippen LogP contribution in [-0.4, -0.2) is 42.0 Å². The van der Waals surface area contributed by atoms with Crippen LogP contribution >= 0.6 is 0 Å². The molecule has 0 radical (unpaired) electrons. The molecule has 6 heteroatoms. The van der Waals surface area contributed by atoms with Crippen molar-refractivity contribution >= 4 is 11.4 Å². The Hall–Kier alpha value is -1.69. The van der Waals surface area contributed by atoms with Crippen molar-refractivity contribution in [3.8, 4) is 0 Å². The van der Waals surface area contributed by atoms with Crippen molar-refractivity contribution in [2.24, 2.45) is 0 Å². The van der Waals surface area contributed by atoms with Crippen molar-refractivity contribution in [3.05, 3.63) is 34.1 Å². The fourth-order valence-electron chi connectivity index (χ4n) is 2.46. The van der Waals surface area contributed by atoms with E-state index in [1.807, 2.05) is 0 Å². The zero-order chi connectivity index (χ0) is 14.2. The maximum atomic E-state index is 13.6. The number of nitrogens with zero attached hydrogens (tertiary/aromatic N) is 3. The van der Waals surface area contributed by atoms with E-state index in [9.17, 15) is 14.5 Å². The first kappa shape index (κ1) is 13.7. The predicted molar refractivity (Wildman–Crippen MR) is 72.0 cm³/mol. The summed E-state index contributed by atoms with van der Waals surface area (Å²) >= 11 is 0. The van der Waals surface area contributed by atoms with Crippen LogP contribution < -0.4 is 4.90 Å². The third kappa shape index (κ3) is 2.68. The third-order valence-corrected chi connectivity index (χ3v) is 3.85. The van der Waals surface area contributed by atoms with E-state index >= 15 is 0 Å². The highest BCUT2D eigenvalue weighted by molar-refractivity contribution is 5.52. The van der Waals surface area contributed by atoms with Crippen LogP contribution in [0.25, 0.3) is 0 Å². The van der Waals surface area contributed by atoms with Crippen LogP contribution in [0, 0.1) is 15.9 Å². The maximum absolute atomic E-state index is 13.6. The molecular weight excluding hydrogens is 249 g/mol. The molecule has 1 aromatic rings. The topological polar surface area (TPSA) is 49.6 Å². The Balaban J connectivity index is 2.23. The van der Waals surface area contributed by atoms with E-state index in [1.165, 1.54) is 12.1 Å². The molecule has 1 fully saturated rings. The highest BCUT2D eigenvalue weighted by Gasteiger charge is 2.27. The normalized spacial score (nSPS) is 24.5. The number of anilines is 1. The van der Waals surface area contributed by atoms with E-state index in [0.29, 0.717) is 17.8 Å². The van der Waals surface area contributed by atoms with Crippen molar-refractivity contribution in [2.75, 3.05) is 25.0 Å². The summed E-state index contributed by atoms with van der Waals surface area (Å²) in [6.07, 6.45) is 0. The molecule has 1 saturated heterocycles. The molecule has 2 rings (SSSR count). The number of benzene rings is 1. The zero-order valence-corrected chi connectivity index (χ0v) is 11.3. The molecule has 104 valence electrons. The molecule has 0 unspecified atom stereocenters. The maximum Gasteiger partial charge on any atom is 0.304 e. The van der Waals surface area contributed by atoms with E-state index in [2.05, 4.69) is 30.7 Å². The second-order valence-corrected chi connectivity index (χ2v) is 5.16. The summed E-state index contributed by atoms with van der Waals surface area (Å²) in [6, 6.07) is 4.83. The Morgan fingerprint density at radius 3 is 2.37 bits per heavy atom. The number of piperazine rings is 1. The summed E-state index contributed by atoms with van der Waals surface area (Å²) in [4.78, 5) is 14.2. The smallest absolute Gasteiger partial charge is 0.304 e. The lowest BCUT2D eigenvalue weighted by Gasteiger charge is -2.43. The standard InChI is InChI=1S/C13H18FN3O2/c1-9-7-16(8-10(2)15(9)3)11-4-5-13(17(18)19)12(14)6-11/h4-6,9-10H,7-8H2,1-3H3/t9-,10+. The highest BCUT2D eigenvalue weighted by Crippen LogP contribution is 2.26. The van der Waals surface area contributed by atoms with Gasteiger partial charge in [-0.1, -0.05) is 0 Å². The minimum absolute atomic E-state index is 0.363. The Labute approximate surface area is 111 Å². The predicted octanol–water partition coefficient (Wildman–Crippen LogP) is 2.26. The molecule has 0 amide bonds. The van der Waals surface area contributed by atoms with Crippen LogP contribution in [0.3, 0.4) is 0 Å². The van der Waals surface area contributed by atoms with Crippen molar-refractivity contribution in [1.82, 2.24) is 4.90 Å². The Morgan fingerprint density at radius 1 is 1.32 bits per heavy atom. The lowest BCUT2D eigenvalue weighted by Crippen LogP contribution is -2.55. The van der Waals surface area contributed by atoms with Gasteiger partial charge in [-0.2, -0.15) is 4.39 Å². The molecule has 5 nitrogen and oxygen atoms in total. The van der Waals surface area contributed by atoms with Crippen molar-refractivity contribution in [1.29, 1.82) is 0 Å². The van der Waals surface area contributed by atoms with Gasteiger partial charge in [0.15, 0.2) is 0 Å². The minimum atomic E-state index is -0.776. The summed E-state index contributed by atoms with van der Waals surface area (Å²) in [7, 11) is 2.07. The first-order valence-electron chi connectivity index (χ1n) is 6.31. The van der Waals surface area contributed by atoms with Gasteiger partial charge in [0.1, 0.15) is 0 Å². The van der Waals surface area contributed by atoms with Crippen LogP contribution in [0.5, 0.6) is 0 Å². The molecule has 1 heterocycles. The molecule has 2 atom stereocenters. The molecule has 0 saturated carbocycles. The molecule has 1 aliphatic heterocycles. The van der Waals surface area contributed by atoms with Gasteiger partial charge in [-0.15, -0.1) is 0 Å². The molecule has 19 heavy (non-hydrogen) atoms. The largest absolute Gasteiger partial charge is 0.368 e. The van der Waals surface area contributed by atoms with Gasteiger partial charge in [0.05, 0.1) is 4.92 Å². The van der Waals surface area contributed by atoms with Crippen LogP contribution in [0.2, 0.25) is 0 Å².